The van der Waals surface area contributed by atoms with Crippen LogP contribution < -0.4 is 10.1 Å². The Morgan fingerprint density at radius 1 is 1.37 bits per heavy atom. The molecular weight excluding hydrogens is 245 g/mol. The van der Waals surface area contributed by atoms with Crippen molar-refractivity contribution in [3.8, 4) is 5.75 Å². The number of nitrogens with one attached hydrogen (secondary N) is 1. The summed E-state index contributed by atoms with van der Waals surface area (Å²) in [6.07, 6.45) is 4.97. The van der Waals surface area contributed by atoms with Crippen molar-refractivity contribution >= 4 is 0 Å². The van der Waals surface area contributed by atoms with Crippen LogP contribution >= 0.6 is 0 Å². The van der Waals surface area contributed by atoms with Crippen molar-refractivity contribution in [3.63, 3.8) is 0 Å². The standard InChI is InChI=1S/C14H16FN3O/c1-10(18-9-12-8-16-5-6-17-12)13-7-11(15)3-4-14(13)19-2/h3-8,10,18H,9H2,1-2H3. The third kappa shape index (κ3) is 3.48. The second-order valence-corrected chi connectivity index (χ2v) is 4.19. The van der Waals surface area contributed by atoms with Crippen molar-refractivity contribution in [1.29, 1.82) is 0 Å². The van der Waals surface area contributed by atoms with E-state index < -0.39 is 0 Å². The number of benzene rings is 1. The van der Waals surface area contributed by atoms with Crippen LogP contribution in [0.1, 0.15) is 24.2 Å². The molecule has 4 nitrogen and oxygen atoms in total. The van der Waals surface area contributed by atoms with E-state index in [-0.39, 0.29) is 11.9 Å². The van der Waals surface area contributed by atoms with Crippen LogP contribution in [0, 0.1) is 5.82 Å². The third-order valence-electron chi connectivity index (χ3n) is 2.86. The molecule has 0 fully saturated rings. The fourth-order valence-corrected chi connectivity index (χ4v) is 1.83. The average molecular weight is 261 g/mol. The molecule has 0 bridgehead atoms. The molecule has 1 aromatic heterocycles. The minimum atomic E-state index is -0.274. The van der Waals surface area contributed by atoms with Crippen LogP contribution in [0.2, 0.25) is 0 Å². The Kier molecular flexibility index (Phi) is 4.41. The molecule has 1 N–H and O–H groups in total. The summed E-state index contributed by atoms with van der Waals surface area (Å²) in [6.45, 7) is 2.52. The van der Waals surface area contributed by atoms with Gasteiger partial charge in [0.05, 0.1) is 12.8 Å². The van der Waals surface area contributed by atoms with Gasteiger partial charge < -0.3 is 10.1 Å². The highest BCUT2D eigenvalue weighted by Crippen LogP contribution is 2.25. The molecule has 0 aliphatic heterocycles. The molecule has 2 rings (SSSR count). The largest absolute Gasteiger partial charge is 0.496 e. The number of methoxy groups -OCH3 is 1. The van der Waals surface area contributed by atoms with Crippen molar-refractivity contribution in [2.24, 2.45) is 0 Å². The molecule has 1 unspecified atom stereocenters. The van der Waals surface area contributed by atoms with Crippen LogP contribution in [-0.4, -0.2) is 17.1 Å². The van der Waals surface area contributed by atoms with Crippen LogP contribution in [0.5, 0.6) is 5.75 Å². The zero-order valence-corrected chi connectivity index (χ0v) is 10.9. The lowest BCUT2D eigenvalue weighted by atomic mass is 10.1. The van der Waals surface area contributed by atoms with Gasteiger partial charge in [-0.05, 0) is 25.1 Å². The Morgan fingerprint density at radius 3 is 2.89 bits per heavy atom. The van der Waals surface area contributed by atoms with Gasteiger partial charge in [0.2, 0.25) is 0 Å². The van der Waals surface area contributed by atoms with Crippen molar-refractivity contribution in [3.05, 3.63) is 53.9 Å². The average Bonchev–Trinajstić information content (AvgIpc) is 2.46. The first kappa shape index (κ1) is 13.4. The molecule has 0 saturated carbocycles. The smallest absolute Gasteiger partial charge is 0.123 e. The maximum absolute atomic E-state index is 13.3. The molecule has 0 amide bonds. The maximum Gasteiger partial charge on any atom is 0.123 e. The van der Waals surface area contributed by atoms with Gasteiger partial charge in [0, 0.05) is 36.7 Å². The molecule has 0 radical (unpaired) electrons. The van der Waals surface area contributed by atoms with E-state index in [9.17, 15) is 4.39 Å². The molecule has 100 valence electrons. The van der Waals surface area contributed by atoms with E-state index >= 15 is 0 Å². The van der Waals surface area contributed by atoms with E-state index in [1.165, 1.54) is 12.1 Å². The monoisotopic (exact) mass is 261 g/mol. The molecule has 2 aromatic rings. The lowest BCUT2D eigenvalue weighted by molar-refractivity contribution is 0.399. The van der Waals surface area contributed by atoms with E-state index in [0.29, 0.717) is 12.3 Å². The second kappa shape index (κ2) is 6.24. The number of halogens is 1. The van der Waals surface area contributed by atoms with Gasteiger partial charge in [-0.1, -0.05) is 0 Å². The molecule has 0 aliphatic rings. The van der Waals surface area contributed by atoms with Gasteiger partial charge in [0.1, 0.15) is 11.6 Å². The van der Waals surface area contributed by atoms with E-state index in [2.05, 4.69) is 15.3 Å². The number of ether oxygens (including phenoxy) is 1. The normalized spacial score (nSPS) is 12.2. The number of rotatable bonds is 5. The molecule has 1 atom stereocenters. The molecule has 0 spiro atoms. The predicted molar refractivity (Wildman–Crippen MR) is 70.2 cm³/mol. The van der Waals surface area contributed by atoms with Gasteiger partial charge in [-0.15, -0.1) is 0 Å². The van der Waals surface area contributed by atoms with Gasteiger partial charge in [-0.3, -0.25) is 9.97 Å². The fourth-order valence-electron chi connectivity index (χ4n) is 1.83. The predicted octanol–water partition coefficient (Wildman–Crippen LogP) is 2.48. The number of nitrogens with zero attached hydrogens (tertiary/aromatic N) is 2. The Bertz CT molecular complexity index is 533. The molecule has 0 saturated heterocycles. The van der Waals surface area contributed by atoms with Crippen LogP contribution in [-0.2, 0) is 6.54 Å². The molecule has 5 heteroatoms. The minimum absolute atomic E-state index is 0.0485. The van der Waals surface area contributed by atoms with E-state index in [1.807, 2.05) is 6.92 Å². The summed E-state index contributed by atoms with van der Waals surface area (Å²) in [5.41, 5.74) is 1.62. The van der Waals surface area contributed by atoms with Crippen molar-refractivity contribution < 1.29 is 9.13 Å². The molecule has 19 heavy (non-hydrogen) atoms. The van der Waals surface area contributed by atoms with Gasteiger partial charge in [0.25, 0.3) is 0 Å². The summed E-state index contributed by atoms with van der Waals surface area (Å²) in [4.78, 5) is 8.17. The summed E-state index contributed by atoms with van der Waals surface area (Å²) in [5, 5.41) is 3.27. The summed E-state index contributed by atoms with van der Waals surface area (Å²) in [6, 6.07) is 4.45. The topological polar surface area (TPSA) is 47.0 Å². The van der Waals surface area contributed by atoms with Crippen molar-refractivity contribution in [1.82, 2.24) is 15.3 Å². The van der Waals surface area contributed by atoms with E-state index in [0.717, 1.165) is 11.3 Å². The highest BCUT2D eigenvalue weighted by atomic mass is 19.1. The van der Waals surface area contributed by atoms with E-state index in [4.69, 9.17) is 4.74 Å². The first-order chi connectivity index (χ1) is 9.20. The highest BCUT2D eigenvalue weighted by Gasteiger charge is 2.12. The van der Waals surface area contributed by atoms with Crippen molar-refractivity contribution in [2.75, 3.05) is 7.11 Å². The third-order valence-corrected chi connectivity index (χ3v) is 2.86. The summed E-state index contributed by atoms with van der Waals surface area (Å²) < 4.78 is 18.5. The Labute approximate surface area is 111 Å². The Morgan fingerprint density at radius 2 is 2.21 bits per heavy atom. The summed E-state index contributed by atoms with van der Waals surface area (Å²) in [7, 11) is 1.58. The lowest BCUT2D eigenvalue weighted by Crippen LogP contribution is -2.19. The maximum atomic E-state index is 13.3. The number of aromatic nitrogens is 2. The summed E-state index contributed by atoms with van der Waals surface area (Å²) in [5.74, 6) is 0.393. The molecule has 1 aromatic carbocycles. The van der Waals surface area contributed by atoms with Crippen LogP contribution in [0.4, 0.5) is 4.39 Å². The molecule has 0 aliphatic carbocycles. The first-order valence-corrected chi connectivity index (χ1v) is 6.02. The fraction of sp³-hybridized carbons (Fsp3) is 0.286. The number of hydrogen-bond acceptors (Lipinski definition) is 4. The van der Waals surface area contributed by atoms with E-state index in [1.54, 1.807) is 31.8 Å². The first-order valence-electron chi connectivity index (χ1n) is 6.02. The minimum Gasteiger partial charge on any atom is -0.496 e. The second-order valence-electron chi connectivity index (χ2n) is 4.19. The molecule has 1 heterocycles. The zero-order chi connectivity index (χ0) is 13.7. The van der Waals surface area contributed by atoms with Gasteiger partial charge in [-0.2, -0.15) is 0 Å². The van der Waals surface area contributed by atoms with Gasteiger partial charge in [0.15, 0.2) is 0 Å². The Hall–Kier alpha value is -2.01. The highest BCUT2D eigenvalue weighted by molar-refractivity contribution is 5.36. The SMILES string of the molecule is COc1ccc(F)cc1C(C)NCc1cnccn1. The zero-order valence-electron chi connectivity index (χ0n) is 10.9. The summed E-state index contributed by atoms with van der Waals surface area (Å²) >= 11 is 0. The van der Waals surface area contributed by atoms with Crippen LogP contribution in [0.3, 0.4) is 0 Å². The number of hydrogen-bond donors (Lipinski definition) is 1. The lowest BCUT2D eigenvalue weighted by Gasteiger charge is -2.17. The Balaban J connectivity index is 2.07. The molecular formula is C14H16FN3O. The van der Waals surface area contributed by atoms with Crippen molar-refractivity contribution in [2.45, 2.75) is 19.5 Å². The van der Waals surface area contributed by atoms with Gasteiger partial charge >= 0.3 is 0 Å². The van der Waals surface area contributed by atoms with Crippen LogP contribution in [0.15, 0.2) is 36.8 Å². The van der Waals surface area contributed by atoms with Gasteiger partial charge in [-0.25, -0.2) is 4.39 Å². The quantitative estimate of drug-likeness (QED) is 0.898. The van der Waals surface area contributed by atoms with Crippen LogP contribution in [0.25, 0.3) is 0 Å².